The fourth-order valence-corrected chi connectivity index (χ4v) is 5.45. The van der Waals surface area contributed by atoms with Crippen LogP contribution in [-0.4, -0.2) is 52.6 Å². The van der Waals surface area contributed by atoms with Crippen LogP contribution >= 0.6 is 11.3 Å². The Morgan fingerprint density at radius 3 is 2.62 bits per heavy atom. The Hall–Kier alpha value is -3.11. The van der Waals surface area contributed by atoms with Crippen molar-refractivity contribution in [1.82, 2.24) is 20.5 Å². The normalized spacial score (nSPS) is 21.6. The molecule has 2 fully saturated rings. The van der Waals surface area contributed by atoms with Gasteiger partial charge in [-0.05, 0) is 56.0 Å². The largest absolute Gasteiger partial charge is 0.357 e. The molecule has 0 saturated carbocycles. The number of rotatable bonds is 5. The number of imide groups is 2. The summed E-state index contributed by atoms with van der Waals surface area (Å²) >= 11 is 1.65. The lowest BCUT2D eigenvalue weighted by Gasteiger charge is -2.27. The minimum atomic E-state index is -0.953. The van der Waals surface area contributed by atoms with Gasteiger partial charge in [0.05, 0.1) is 11.1 Å². The number of nitrogens with zero attached hydrogens (tertiary/aromatic N) is 2. The van der Waals surface area contributed by atoms with Crippen molar-refractivity contribution in [2.24, 2.45) is 0 Å². The molecule has 5 rings (SSSR count). The molecule has 9 nitrogen and oxygen atoms in total. The molecule has 4 heterocycles. The highest BCUT2D eigenvalue weighted by Crippen LogP contribution is 2.32. The maximum Gasteiger partial charge on any atom is 0.262 e. The Kier molecular flexibility index (Phi) is 5.48. The van der Waals surface area contributed by atoms with E-state index in [1.165, 1.54) is 4.88 Å². The maximum absolute atomic E-state index is 12.9. The molecule has 0 aliphatic carbocycles. The van der Waals surface area contributed by atoms with E-state index in [4.69, 9.17) is 0 Å². The molecule has 2 saturated heterocycles. The Bertz CT molecular complexity index is 1110. The minimum absolute atomic E-state index is 0.103. The van der Waals surface area contributed by atoms with Crippen LogP contribution in [0.15, 0.2) is 24.4 Å². The first-order chi connectivity index (χ1) is 15.5. The fraction of sp³-hybridized carbons (Fsp3) is 0.409. The van der Waals surface area contributed by atoms with Gasteiger partial charge in [-0.15, -0.1) is 11.3 Å². The third kappa shape index (κ3) is 3.80. The third-order valence-corrected chi connectivity index (χ3v) is 7.33. The van der Waals surface area contributed by atoms with Gasteiger partial charge in [0, 0.05) is 24.0 Å². The van der Waals surface area contributed by atoms with E-state index >= 15 is 0 Å². The van der Waals surface area contributed by atoms with E-state index in [-0.39, 0.29) is 29.9 Å². The highest BCUT2D eigenvalue weighted by molar-refractivity contribution is 7.15. The van der Waals surface area contributed by atoms with Crippen molar-refractivity contribution < 1.29 is 19.2 Å². The van der Waals surface area contributed by atoms with Gasteiger partial charge >= 0.3 is 0 Å². The lowest BCUT2D eigenvalue weighted by Crippen LogP contribution is -2.54. The summed E-state index contributed by atoms with van der Waals surface area (Å²) in [5.74, 6) is -1.44. The van der Waals surface area contributed by atoms with Crippen molar-refractivity contribution in [3.05, 3.63) is 46.0 Å². The molecule has 32 heavy (non-hydrogen) atoms. The monoisotopic (exact) mass is 453 g/mol. The van der Waals surface area contributed by atoms with Crippen molar-refractivity contribution in [3.8, 4) is 0 Å². The van der Waals surface area contributed by atoms with E-state index in [0.29, 0.717) is 12.5 Å². The number of nitrogens with one attached hydrogen (secondary N) is 3. The zero-order valence-corrected chi connectivity index (χ0v) is 18.2. The van der Waals surface area contributed by atoms with Crippen molar-refractivity contribution in [1.29, 1.82) is 0 Å². The maximum atomic E-state index is 12.9. The van der Waals surface area contributed by atoms with E-state index in [2.05, 4.69) is 20.9 Å². The molecule has 0 bridgehead atoms. The van der Waals surface area contributed by atoms with Gasteiger partial charge in [0.25, 0.3) is 11.8 Å². The number of thiazole rings is 1. The summed E-state index contributed by atoms with van der Waals surface area (Å²) < 4.78 is 0. The number of anilines is 1. The first kappa shape index (κ1) is 20.8. The summed E-state index contributed by atoms with van der Waals surface area (Å²) in [5.41, 5.74) is 1.41. The molecule has 1 aromatic carbocycles. The second-order valence-electron chi connectivity index (χ2n) is 8.27. The van der Waals surface area contributed by atoms with Crippen LogP contribution in [0, 0.1) is 0 Å². The predicted octanol–water partition coefficient (Wildman–Crippen LogP) is 1.62. The van der Waals surface area contributed by atoms with Gasteiger partial charge in [-0.3, -0.25) is 29.4 Å². The number of fused-ring (bicyclic) bond motifs is 1. The van der Waals surface area contributed by atoms with E-state index in [1.807, 2.05) is 6.20 Å². The molecule has 4 amide bonds. The lowest BCUT2D eigenvalue weighted by atomic mass is 9.97. The number of amides is 4. The number of carbonyl (C=O) groups is 4. The molecule has 2 aromatic rings. The van der Waals surface area contributed by atoms with Crippen LogP contribution in [0.1, 0.15) is 62.8 Å². The lowest BCUT2D eigenvalue weighted by molar-refractivity contribution is -0.136. The van der Waals surface area contributed by atoms with Gasteiger partial charge in [-0.2, -0.15) is 0 Å². The van der Waals surface area contributed by atoms with Crippen LogP contribution in [0.3, 0.4) is 0 Å². The average molecular weight is 454 g/mol. The molecule has 3 aliphatic heterocycles. The molecular formula is C22H23N5O4S. The molecule has 1 aromatic heterocycles. The van der Waals surface area contributed by atoms with Crippen LogP contribution in [0.4, 0.5) is 5.13 Å². The van der Waals surface area contributed by atoms with E-state index < -0.39 is 23.8 Å². The van der Waals surface area contributed by atoms with Crippen LogP contribution in [0.2, 0.25) is 0 Å². The summed E-state index contributed by atoms with van der Waals surface area (Å²) in [4.78, 5) is 56.1. The molecule has 1 unspecified atom stereocenters. The van der Waals surface area contributed by atoms with E-state index in [0.717, 1.165) is 41.5 Å². The number of aromatic nitrogens is 1. The quantitative estimate of drug-likeness (QED) is 0.589. The highest BCUT2D eigenvalue weighted by atomic mass is 32.1. The second-order valence-corrected chi connectivity index (χ2v) is 9.33. The number of hydrogen-bond acceptors (Lipinski definition) is 8. The van der Waals surface area contributed by atoms with Gasteiger partial charge in [0.15, 0.2) is 5.13 Å². The smallest absolute Gasteiger partial charge is 0.262 e. The van der Waals surface area contributed by atoms with Crippen molar-refractivity contribution in [2.75, 3.05) is 18.4 Å². The van der Waals surface area contributed by atoms with E-state index in [1.54, 1.807) is 29.5 Å². The standard InChI is InChI=1S/C22H23N5O4S/c28-18-4-3-16(19(29)26-18)27-20(30)14-2-1-12(9-15(14)21(27)31)10-24-22-25-11-17(32-22)13-5-7-23-8-6-13/h1-2,9,11,13,16,23H,3-8,10H2,(H,24,25)(H,26,28,29). The molecular weight excluding hydrogens is 430 g/mol. The zero-order valence-electron chi connectivity index (χ0n) is 17.3. The SMILES string of the molecule is O=C1CCC(N2C(=O)c3ccc(CNc4ncc(C5CCNCC5)s4)cc3C2=O)C(=O)N1. The van der Waals surface area contributed by atoms with Crippen LogP contribution in [-0.2, 0) is 16.1 Å². The zero-order chi connectivity index (χ0) is 22.2. The van der Waals surface area contributed by atoms with Gasteiger partial charge in [-0.1, -0.05) is 6.07 Å². The summed E-state index contributed by atoms with van der Waals surface area (Å²) in [7, 11) is 0. The second kappa shape index (κ2) is 8.44. The molecule has 10 heteroatoms. The first-order valence-corrected chi connectivity index (χ1v) is 11.6. The van der Waals surface area contributed by atoms with Crippen molar-refractivity contribution in [3.63, 3.8) is 0 Å². The van der Waals surface area contributed by atoms with E-state index in [9.17, 15) is 19.2 Å². The number of benzene rings is 1. The molecule has 1 atom stereocenters. The highest BCUT2D eigenvalue weighted by Gasteiger charge is 2.44. The topological polar surface area (TPSA) is 120 Å². The first-order valence-electron chi connectivity index (χ1n) is 10.8. The Balaban J connectivity index is 1.27. The summed E-state index contributed by atoms with van der Waals surface area (Å²) in [5, 5.41) is 9.71. The van der Waals surface area contributed by atoms with Gasteiger partial charge in [-0.25, -0.2) is 4.98 Å². The molecule has 0 radical (unpaired) electrons. The van der Waals surface area contributed by atoms with Gasteiger partial charge < -0.3 is 10.6 Å². The molecule has 3 aliphatic rings. The average Bonchev–Trinajstić information content (AvgIpc) is 3.37. The number of hydrogen-bond donors (Lipinski definition) is 3. The number of piperidine rings is 2. The van der Waals surface area contributed by atoms with Gasteiger partial charge in [0.2, 0.25) is 11.8 Å². The Morgan fingerprint density at radius 2 is 1.84 bits per heavy atom. The summed E-state index contributed by atoms with van der Waals surface area (Å²) in [6, 6.07) is 4.16. The molecule has 0 spiro atoms. The van der Waals surface area contributed by atoms with Gasteiger partial charge in [0.1, 0.15) is 6.04 Å². The third-order valence-electron chi connectivity index (χ3n) is 6.21. The minimum Gasteiger partial charge on any atom is -0.357 e. The van der Waals surface area contributed by atoms with Crippen LogP contribution in [0.25, 0.3) is 0 Å². The fourth-order valence-electron chi connectivity index (χ4n) is 4.47. The van der Waals surface area contributed by atoms with Crippen LogP contribution < -0.4 is 16.0 Å². The Labute approximate surface area is 188 Å². The molecule has 3 N–H and O–H groups in total. The van der Waals surface area contributed by atoms with Crippen molar-refractivity contribution in [2.45, 2.75) is 44.2 Å². The summed E-state index contributed by atoms with van der Waals surface area (Å²) in [6.45, 7) is 2.53. The summed E-state index contributed by atoms with van der Waals surface area (Å²) in [6.07, 6.45) is 4.42. The molecule has 166 valence electrons. The van der Waals surface area contributed by atoms with Crippen molar-refractivity contribution >= 4 is 40.1 Å². The Morgan fingerprint density at radius 1 is 1.06 bits per heavy atom. The van der Waals surface area contributed by atoms with Crippen LogP contribution in [0.5, 0.6) is 0 Å². The predicted molar refractivity (Wildman–Crippen MR) is 117 cm³/mol. The number of carbonyl (C=O) groups excluding carboxylic acids is 4.